The molecule has 1 aliphatic heterocycles. The third kappa shape index (κ3) is 4.03. The van der Waals surface area contributed by atoms with Crippen LogP contribution in [0.3, 0.4) is 0 Å². The summed E-state index contributed by atoms with van der Waals surface area (Å²) in [5, 5.41) is 21.2. The molecule has 0 atom stereocenters. The number of nitro groups is 1. The van der Waals surface area contributed by atoms with Gasteiger partial charge in [0.05, 0.1) is 10.6 Å². The molecule has 0 spiro atoms. The molecule has 0 bridgehead atoms. The van der Waals surface area contributed by atoms with Crippen LogP contribution in [0.2, 0.25) is 0 Å². The van der Waals surface area contributed by atoms with Crippen LogP contribution in [0, 0.1) is 15.5 Å². The average Bonchev–Trinajstić information content (AvgIpc) is 3.11. The number of hydrogen-bond acceptors (Lipinski definition) is 5. The second kappa shape index (κ2) is 7.02. The Morgan fingerprint density at radius 3 is 2.64 bits per heavy atom. The van der Waals surface area contributed by atoms with E-state index in [0.29, 0.717) is 17.9 Å². The SMILES string of the molecule is CC1(CNC(=O)c2ccn(-c3ccc([N+](=O)[O-])cc3)n2)CCNCC1. The van der Waals surface area contributed by atoms with Gasteiger partial charge >= 0.3 is 0 Å². The van der Waals surface area contributed by atoms with Gasteiger partial charge in [-0.3, -0.25) is 14.9 Å². The normalized spacial score (nSPS) is 16.4. The summed E-state index contributed by atoms with van der Waals surface area (Å²) in [6.07, 6.45) is 3.73. The highest BCUT2D eigenvalue weighted by molar-refractivity contribution is 5.92. The van der Waals surface area contributed by atoms with Crippen molar-refractivity contribution in [3.05, 3.63) is 52.3 Å². The van der Waals surface area contributed by atoms with Crippen molar-refractivity contribution in [2.45, 2.75) is 19.8 Å². The zero-order chi connectivity index (χ0) is 17.9. The number of nitrogens with zero attached hydrogens (tertiary/aromatic N) is 3. The van der Waals surface area contributed by atoms with Crippen molar-refractivity contribution in [3.8, 4) is 5.69 Å². The van der Waals surface area contributed by atoms with Crippen LogP contribution in [0.4, 0.5) is 5.69 Å². The number of aromatic nitrogens is 2. The molecule has 132 valence electrons. The van der Waals surface area contributed by atoms with Gasteiger partial charge in [0.1, 0.15) is 0 Å². The van der Waals surface area contributed by atoms with Gasteiger partial charge in [-0.15, -0.1) is 0 Å². The van der Waals surface area contributed by atoms with Crippen LogP contribution in [0.5, 0.6) is 0 Å². The molecule has 8 heteroatoms. The number of benzene rings is 1. The highest BCUT2D eigenvalue weighted by Crippen LogP contribution is 2.26. The van der Waals surface area contributed by atoms with Gasteiger partial charge in [0.25, 0.3) is 11.6 Å². The molecular weight excluding hydrogens is 322 g/mol. The van der Waals surface area contributed by atoms with Crippen LogP contribution in [0.25, 0.3) is 5.69 Å². The first kappa shape index (κ1) is 17.1. The van der Waals surface area contributed by atoms with E-state index in [1.165, 1.54) is 16.8 Å². The number of amides is 1. The Labute approximate surface area is 145 Å². The van der Waals surface area contributed by atoms with Crippen molar-refractivity contribution >= 4 is 11.6 Å². The van der Waals surface area contributed by atoms with Crippen molar-refractivity contribution in [3.63, 3.8) is 0 Å². The summed E-state index contributed by atoms with van der Waals surface area (Å²) < 4.78 is 1.53. The molecule has 0 unspecified atom stereocenters. The van der Waals surface area contributed by atoms with Gasteiger partial charge in [0, 0.05) is 24.9 Å². The monoisotopic (exact) mass is 343 g/mol. The van der Waals surface area contributed by atoms with E-state index in [9.17, 15) is 14.9 Å². The molecule has 2 N–H and O–H groups in total. The molecule has 3 rings (SSSR count). The minimum atomic E-state index is -0.451. The minimum Gasteiger partial charge on any atom is -0.350 e. The molecule has 0 aliphatic carbocycles. The fourth-order valence-electron chi connectivity index (χ4n) is 2.91. The van der Waals surface area contributed by atoms with Crippen LogP contribution in [-0.2, 0) is 0 Å². The van der Waals surface area contributed by atoms with Crippen molar-refractivity contribution in [1.29, 1.82) is 0 Å². The number of nitrogens with one attached hydrogen (secondary N) is 2. The Balaban J connectivity index is 1.64. The van der Waals surface area contributed by atoms with Gasteiger partial charge in [-0.25, -0.2) is 4.68 Å². The summed E-state index contributed by atoms with van der Waals surface area (Å²) >= 11 is 0. The Morgan fingerprint density at radius 2 is 2.00 bits per heavy atom. The van der Waals surface area contributed by atoms with Crippen molar-refractivity contribution in [2.75, 3.05) is 19.6 Å². The predicted molar refractivity (Wildman–Crippen MR) is 92.8 cm³/mol. The fraction of sp³-hybridized carbons (Fsp3) is 0.412. The zero-order valence-electron chi connectivity index (χ0n) is 14.1. The lowest BCUT2D eigenvalue weighted by molar-refractivity contribution is -0.384. The van der Waals surface area contributed by atoms with Gasteiger partial charge in [-0.1, -0.05) is 6.92 Å². The summed E-state index contributed by atoms with van der Waals surface area (Å²) in [7, 11) is 0. The summed E-state index contributed by atoms with van der Waals surface area (Å²) in [6.45, 7) is 4.75. The van der Waals surface area contributed by atoms with E-state index in [-0.39, 0.29) is 17.0 Å². The van der Waals surface area contributed by atoms with E-state index in [0.717, 1.165) is 25.9 Å². The summed E-state index contributed by atoms with van der Waals surface area (Å²) in [5.74, 6) is -0.208. The maximum absolute atomic E-state index is 12.3. The summed E-state index contributed by atoms with van der Waals surface area (Å²) in [6, 6.07) is 7.66. The number of nitro benzene ring substituents is 1. The van der Waals surface area contributed by atoms with E-state index in [1.807, 2.05) is 0 Å². The first-order valence-corrected chi connectivity index (χ1v) is 8.26. The molecule has 0 radical (unpaired) electrons. The third-order valence-corrected chi connectivity index (χ3v) is 4.63. The second-order valence-electron chi connectivity index (χ2n) is 6.66. The lowest BCUT2D eigenvalue weighted by Gasteiger charge is -2.34. The maximum Gasteiger partial charge on any atom is 0.271 e. The van der Waals surface area contributed by atoms with Gasteiger partial charge in [-0.05, 0) is 49.5 Å². The highest BCUT2D eigenvalue weighted by Gasteiger charge is 2.27. The summed E-state index contributed by atoms with van der Waals surface area (Å²) in [4.78, 5) is 22.6. The van der Waals surface area contributed by atoms with Crippen molar-refractivity contribution < 1.29 is 9.72 Å². The van der Waals surface area contributed by atoms with Crippen LogP contribution in [0.15, 0.2) is 36.5 Å². The van der Waals surface area contributed by atoms with E-state index in [4.69, 9.17) is 0 Å². The standard InChI is InChI=1S/C17H21N5O3/c1-17(7-9-18-10-8-17)12-19-16(23)15-6-11-21(20-15)13-2-4-14(5-3-13)22(24)25/h2-6,11,18H,7-10,12H2,1H3,(H,19,23). The molecule has 1 saturated heterocycles. The molecule has 1 aromatic carbocycles. The van der Waals surface area contributed by atoms with Crippen LogP contribution in [-0.4, -0.2) is 40.2 Å². The Kier molecular flexibility index (Phi) is 4.80. The molecule has 1 aromatic heterocycles. The number of non-ortho nitro benzene ring substituents is 1. The van der Waals surface area contributed by atoms with Crippen LogP contribution in [0.1, 0.15) is 30.3 Å². The number of piperidine rings is 1. The zero-order valence-corrected chi connectivity index (χ0v) is 14.1. The highest BCUT2D eigenvalue weighted by atomic mass is 16.6. The molecule has 0 saturated carbocycles. The average molecular weight is 343 g/mol. The lowest BCUT2D eigenvalue weighted by atomic mass is 9.81. The van der Waals surface area contributed by atoms with Gasteiger partial charge in [0.15, 0.2) is 5.69 Å². The Hall–Kier alpha value is -2.74. The van der Waals surface area contributed by atoms with Crippen molar-refractivity contribution in [1.82, 2.24) is 20.4 Å². The van der Waals surface area contributed by atoms with E-state index < -0.39 is 4.92 Å². The molecule has 8 nitrogen and oxygen atoms in total. The van der Waals surface area contributed by atoms with E-state index in [1.54, 1.807) is 24.4 Å². The van der Waals surface area contributed by atoms with Gasteiger partial charge < -0.3 is 10.6 Å². The van der Waals surface area contributed by atoms with E-state index >= 15 is 0 Å². The topological polar surface area (TPSA) is 102 Å². The lowest BCUT2D eigenvalue weighted by Crippen LogP contribution is -2.43. The smallest absolute Gasteiger partial charge is 0.271 e. The first-order chi connectivity index (χ1) is 12.0. The molecule has 1 aliphatic rings. The second-order valence-corrected chi connectivity index (χ2v) is 6.66. The molecule has 2 aromatic rings. The molecule has 1 fully saturated rings. The van der Waals surface area contributed by atoms with Crippen molar-refractivity contribution in [2.24, 2.45) is 5.41 Å². The number of rotatable bonds is 5. The first-order valence-electron chi connectivity index (χ1n) is 8.26. The minimum absolute atomic E-state index is 0.0177. The quantitative estimate of drug-likeness (QED) is 0.638. The maximum atomic E-state index is 12.3. The summed E-state index contributed by atoms with van der Waals surface area (Å²) in [5.41, 5.74) is 1.12. The van der Waals surface area contributed by atoms with Crippen LogP contribution < -0.4 is 10.6 Å². The molecule has 2 heterocycles. The van der Waals surface area contributed by atoms with Gasteiger partial charge in [0.2, 0.25) is 0 Å². The van der Waals surface area contributed by atoms with Crippen LogP contribution >= 0.6 is 0 Å². The van der Waals surface area contributed by atoms with Gasteiger partial charge in [-0.2, -0.15) is 5.10 Å². The Morgan fingerprint density at radius 1 is 1.32 bits per heavy atom. The number of carbonyl (C=O) groups excluding carboxylic acids is 1. The Bertz CT molecular complexity index is 763. The predicted octanol–water partition coefficient (Wildman–Crippen LogP) is 1.90. The van der Waals surface area contributed by atoms with E-state index in [2.05, 4.69) is 22.7 Å². The molecule has 1 amide bonds. The number of hydrogen-bond donors (Lipinski definition) is 2. The third-order valence-electron chi connectivity index (χ3n) is 4.63. The number of carbonyl (C=O) groups is 1. The fourth-order valence-corrected chi connectivity index (χ4v) is 2.91. The molecule has 25 heavy (non-hydrogen) atoms. The largest absolute Gasteiger partial charge is 0.350 e. The molecular formula is C17H21N5O3.